The molecule has 2 rings (SSSR count). The van der Waals surface area contributed by atoms with E-state index in [-0.39, 0.29) is 23.8 Å². The van der Waals surface area contributed by atoms with E-state index in [4.69, 9.17) is 0 Å². The lowest BCUT2D eigenvalue weighted by atomic mass is 9.99. The predicted octanol–water partition coefficient (Wildman–Crippen LogP) is -0.619. The second-order valence-electron chi connectivity index (χ2n) is 4.59. The van der Waals surface area contributed by atoms with Gasteiger partial charge in [-0.05, 0) is 25.8 Å². The zero-order chi connectivity index (χ0) is 11.4. The summed E-state index contributed by atoms with van der Waals surface area (Å²) in [5, 5.41) is 8.98. The van der Waals surface area contributed by atoms with Crippen LogP contribution in [0.15, 0.2) is 0 Å². The van der Waals surface area contributed by atoms with E-state index < -0.39 is 0 Å². The molecular weight excluding hydrogens is 206 g/mol. The Balaban J connectivity index is 1.68. The Hall–Kier alpha value is -1.10. The first kappa shape index (κ1) is 11.4. The number of hydrogen-bond acceptors (Lipinski definition) is 3. The van der Waals surface area contributed by atoms with Crippen LogP contribution in [0.1, 0.15) is 25.7 Å². The van der Waals surface area contributed by atoms with Gasteiger partial charge in [0.15, 0.2) is 0 Å². The van der Waals surface area contributed by atoms with E-state index >= 15 is 0 Å². The molecule has 2 saturated heterocycles. The number of nitrogens with one attached hydrogen (secondary N) is 3. The number of piperidine rings is 1. The van der Waals surface area contributed by atoms with Crippen LogP contribution in [0, 0.1) is 5.92 Å². The van der Waals surface area contributed by atoms with Crippen LogP contribution < -0.4 is 16.0 Å². The first-order chi connectivity index (χ1) is 7.75. The molecule has 2 aliphatic heterocycles. The number of hydrogen-bond donors (Lipinski definition) is 3. The number of amides is 2. The van der Waals surface area contributed by atoms with E-state index in [1.54, 1.807) is 0 Å². The van der Waals surface area contributed by atoms with Gasteiger partial charge in [-0.2, -0.15) is 0 Å². The molecule has 0 aromatic heterocycles. The molecule has 0 spiro atoms. The highest BCUT2D eigenvalue weighted by Crippen LogP contribution is 2.10. The highest BCUT2D eigenvalue weighted by Gasteiger charge is 2.24. The third-order valence-corrected chi connectivity index (χ3v) is 3.28. The molecule has 2 amide bonds. The van der Waals surface area contributed by atoms with Gasteiger partial charge in [0.05, 0.1) is 5.92 Å². The van der Waals surface area contributed by atoms with Crippen molar-refractivity contribution in [2.75, 3.05) is 19.6 Å². The molecule has 90 valence electrons. The summed E-state index contributed by atoms with van der Waals surface area (Å²) < 4.78 is 0. The topological polar surface area (TPSA) is 70.2 Å². The van der Waals surface area contributed by atoms with Crippen LogP contribution in [0.2, 0.25) is 0 Å². The lowest BCUT2D eigenvalue weighted by Gasteiger charge is -2.22. The summed E-state index contributed by atoms with van der Waals surface area (Å²) in [5.74, 6) is 0.317. The van der Waals surface area contributed by atoms with Crippen molar-refractivity contribution in [2.45, 2.75) is 31.7 Å². The van der Waals surface area contributed by atoms with Gasteiger partial charge < -0.3 is 16.0 Å². The van der Waals surface area contributed by atoms with Crippen molar-refractivity contribution < 1.29 is 9.59 Å². The molecule has 2 atom stereocenters. The van der Waals surface area contributed by atoms with Crippen molar-refractivity contribution in [1.82, 2.24) is 16.0 Å². The summed E-state index contributed by atoms with van der Waals surface area (Å²) in [6, 6.07) is 0.132. The predicted molar refractivity (Wildman–Crippen MR) is 59.8 cm³/mol. The molecule has 2 heterocycles. The van der Waals surface area contributed by atoms with Crippen LogP contribution in [0.3, 0.4) is 0 Å². The highest BCUT2D eigenvalue weighted by atomic mass is 16.2. The zero-order valence-electron chi connectivity index (χ0n) is 9.42. The Morgan fingerprint density at radius 2 is 2.31 bits per heavy atom. The molecule has 5 nitrogen and oxygen atoms in total. The minimum atomic E-state index is 0.0959. The first-order valence-electron chi connectivity index (χ1n) is 6.03. The molecule has 2 fully saturated rings. The molecular formula is C11H19N3O2. The summed E-state index contributed by atoms with van der Waals surface area (Å²) >= 11 is 0. The summed E-state index contributed by atoms with van der Waals surface area (Å²) in [7, 11) is 0. The van der Waals surface area contributed by atoms with Crippen LogP contribution >= 0.6 is 0 Å². The van der Waals surface area contributed by atoms with Gasteiger partial charge in [0.2, 0.25) is 11.8 Å². The van der Waals surface area contributed by atoms with Crippen molar-refractivity contribution >= 4 is 11.8 Å². The minimum absolute atomic E-state index is 0.0959. The minimum Gasteiger partial charge on any atom is -0.354 e. The maximum atomic E-state index is 11.8. The molecule has 2 aliphatic rings. The van der Waals surface area contributed by atoms with Gasteiger partial charge in [0, 0.05) is 25.6 Å². The van der Waals surface area contributed by atoms with Gasteiger partial charge in [0.25, 0.3) is 0 Å². The molecule has 16 heavy (non-hydrogen) atoms. The quantitative estimate of drug-likeness (QED) is 0.599. The van der Waals surface area contributed by atoms with Crippen molar-refractivity contribution in [3.8, 4) is 0 Å². The largest absolute Gasteiger partial charge is 0.354 e. The fourth-order valence-electron chi connectivity index (χ4n) is 2.27. The maximum Gasteiger partial charge on any atom is 0.224 e. The first-order valence-corrected chi connectivity index (χ1v) is 6.03. The van der Waals surface area contributed by atoms with E-state index in [0.29, 0.717) is 13.0 Å². The van der Waals surface area contributed by atoms with Crippen LogP contribution in [-0.2, 0) is 9.59 Å². The van der Waals surface area contributed by atoms with E-state index in [1.807, 2.05) is 0 Å². The lowest BCUT2D eigenvalue weighted by molar-refractivity contribution is -0.125. The van der Waals surface area contributed by atoms with Gasteiger partial charge in [-0.1, -0.05) is 0 Å². The fourth-order valence-corrected chi connectivity index (χ4v) is 2.27. The summed E-state index contributed by atoms with van der Waals surface area (Å²) in [5.41, 5.74) is 0. The third-order valence-electron chi connectivity index (χ3n) is 3.28. The SMILES string of the molecule is O=C1CCC(CNC(=O)C2CCCNC2)N1. The summed E-state index contributed by atoms with van der Waals surface area (Å²) in [6.07, 6.45) is 3.46. The molecule has 0 aromatic carbocycles. The molecule has 0 bridgehead atoms. The number of rotatable bonds is 3. The standard InChI is InChI=1S/C11H19N3O2/c15-10-4-3-9(14-10)7-13-11(16)8-2-1-5-12-6-8/h8-9,12H,1-7H2,(H,13,16)(H,14,15). The van der Waals surface area contributed by atoms with Gasteiger partial charge in [-0.25, -0.2) is 0 Å². The van der Waals surface area contributed by atoms with Crippen molar-refractivity contribution in [1.29, 1.82) is 0 Å². The second-order valence-corrected chi connectivity index (χ2v) is 4.59. The van der Waals surface area contributed by atoms with Crippen molar-refractivity contribution in [3.63, 3.8) is 0 Å². The molecule has 3 N–H and O–H groups in total. The molecule has 0 saturated carbocycles. The Morgan fingerprint density at radius 3 is 2.94 bits per heavy atom. The van der Waals surface area contributed by atoms with Crippen LogP contribution in [0.5, 0.6) is 0 Å². The number of carbonyl (C=O) groups is 2. The van der Waals surface area contributed by atoms with Crippen LogP contribution in [-0.4, -0.2) is 37.5 Å². The Kier molecular flexibility index (Phi) is 3.77. The Labute approximate surface area is 95.3 Å². The van der Waals surface area contributed by atoms with E-state index in [9.17, 15) is 9.59 Å². The van der Waals surface area contributed by atoms with E-state index in [1.165, 1.54) is 0 Å². The second kappa shape index (κ2) is 5.30. The Bertz CT molecular complexity index is 274. The molecule has 0 aromatic rings. The lowest BCUT2D eigenvalue weighted by Crippen LogP contribution is -2.44. The smallest absolute Gasteiger partial charge is 0.224 e. The zero-order valence-corrected chi connectivity index (χ0v) is 9.42. The third kappa shape index (κ3) is 2.95. The normalized spacial score (nSPS) is 29.9. The average molecular weight is 225 g/mol. The highest BCUT2D eigenvalue weighted by molar-refractivity contribution is 5.80. The molecule has 2 unspecified atom stereocenters. The monoisotopic (exact) mass is 225 g/mol. The van der Waals surface area contributed by atoms with E-state index in [0.717, 1.165) is 32.4 Å². The molecule has 5 heteroatoms. The molecule has 0 aliphatic carbocycles. The average Bonchev–Trinajstić information content (AvgIpc) is 2.73. The molecule has 0 radical (unpaired) electrons. The van der Waals surface area contributed by atoms with Gasteiger partial charge in [0.1, 0.15) is 0 Å². The maximum absolute atomic E-state index is 11.8. The van der Waals surface area contributed by atoms with E-state index in [2.05, 4.69) is 16.0 Å². The van der Waals surface area contributed by atoms with Gasteiger partial charge in [-0.15, -0.1) is 0 Å². The van der Waals surface area contributed by atoms with Crippen molar-refractivity contribution in [2.24, 2.45) is 5.92 Å². The summed E-state index contributed by atoms with van der Waals surface area (Å²) in [4.78, 5) is 22.7. The number of carbonyl (C=O) groups excluding carboxylic acids is 2. The fraction of sp³-hybridized carbons (Fsp3) is 0.818. The Morgan fingerprint density at radius 1 is 1.44 bits per heavy atom. The van der Waals surface area contributed by atoms with Crippen LogP contribution in [0.25, 0.3) is 0 Å². The van der Waals surface area contributed by atoms with Gasteiger partial charge >= 0.3 is 0 Å². The summed E-state index contributed by atoms with van der Waals surface area (Å²) in [6.45, 7) is 2.37. The van der Waals surface area contributed by atoms with Crippen molar-refractivity contribution in [3.05, 3.63) is 0 Å². The van der Waals surface area contributed by atoms with Crippen LogP contribution in [0.4, 0.5) is 0 Å². The van der Waals surface area contributed by atoms with Gasteiger partial charge in [-0.3, -0.25) is 9.59 Å².